The number of anilines is 1. The zero-order chi connectivity index (χ0) is 20.5. The van der Waals surface area contributed by atoms with Gasteiger partial charge in [0.15, 0.2) is 0 Å². The minimum Gasteiger partial charge on any atom is -0.327 e. The number of benzene rings is 2. The van der Waals surface area contributed by atoms with E-state index in [9.17, 15) is 22.8 Å². The highest BCUT2D eigenvalue weighted by Crippen LogP contribution is 2.33. The Hall–Kier alpha value is -2.81. The van der Waals surface area contributed by atoms with Crippen LogP contribution in [-0.2, 0) is 11.0 Å². The van der Waals surface area contributed by atoms with Crippen LogP contribution in [0.4, 0.5) is 23.7 Å². The molecule has 146 valence electrons. The molecule has 0 spiro atoms. The molecule has 3 rings (SSSR count). The van der Waals surface area contributed by atoms with Crippen LogP contribution in [0.15, 0.2) is 64.3 Å². The van der Waals surface area contributed by atoms with Crippen LogP contribution < -0.4 is 16.0 Å². The predicted molar refractivity (Wildman–Crippen MR) is 101 cm³/mol. The van der Waals surface area contributed by atoms with Crippen LogP contribution in [0.5, 0.6) is 0 Å². The molecule has 0 bridgehead atoms. The molecule has 0 radical (unpaired) electrons. The van der Waals surface area contributed by atoms with Crippen LogP contribution in [0.25, 0.3) is 0 Å². The van der Waals surface area contributed by atoms with Crippen LogP contribution in [0.3, 0.4) is 0 Å². The standard InChI is InChI=1S/C19H15BrF3N3O2/c1-10-15(16(26-18(28)24-10)13-7-2-3-8-14(13)20)17(27)25-12-6-4-5-11(9-12)19(21,22)23/h2-9,16H,1H3,(H,25,27)(H2,24,26,28)/t16-/m1/s1. The van der Waals surface area contributed by atoms with Gasteiger partial charge in [-0.1, -0.05) is 40.2 Å². The highest BCUT2D eigenvalue weighted by molar-refractivity contribution is 9.10. The van der Waals surface area contributed by atoms with Crippen molar-refractivity contribution in [2.45, 2.75) is 19.1 Å². The first-order valence-corrected chi connectivity index (χ1v) is 8.97. The molecule has 1 atom stereocenters. The molecule has 0 saturated heterocycles. The Morgan fingerprint density at radius 1 is 1.14 bits per heavy atom. The zero-order valence-corrected chi connectivity index (χ0v) is 16.1. The largest absolute Gasteiger partial charge is 0.416 e. The van der Waals surface area contributed by atoms with Crippen molar-refractivity contribution in [1.82, 2.24) is 10.6 Å². The minimum atomic E-state index is -4.52. The quantitative estimate of drug-likeness (QED) is 0.628. The van der Waals surface area contributed by atoms with Crippen molar-refractivity contribution in [3.05, 3.63) is 75.4 Å². The second-order valence-corrected chi connectivity index (χ2v) is 6.98. The molecule has 3 N–H and O–H groups in total. The summed E-state index contributed by atoms with van der Waals surface area (Å²) in [5.74, 6) is -0.620. The van der Waals surface area contributed by atoms with Gasteiger partial charge in [-0.25, -0.2) is 4.79 Å². The van der Waals surface area contributed by atoms with E-state index in [1.165, 1.54) is 12.1 Å². The maximum absolute atomic E-state index is 12.9. The highest BCUT2D eigenvalue weighted by atomic mass is 79.9. The Labute approximate surface area is 167 Å². The molecule has 1 heterocycles. The molecule has 1 aliphatic rings. The minimum absolute atomic E-state index is 0.00269. The fourth-order valence-corrected chi connectivity index (χ4v) is 3.42. The Kier molecular flexibility index (Phi) is 5.46. The molecule has 28 heavy (non-hydrogen) atoms. The number of amides is 3. The van der Waals surface area contributed by atoms with E-state index in [0.29, 0.717) is 15.7 Å². The predicted octanol–water partition coefficient (Wildman–Crippen LogP) is 4.73. The molecular weight excluding hydrogens is 439 g/mol. The van der Waals surface area contributed by atoms with E-state index in [-0.39, 0.29) is 11.3 Å². The second-order valence-electron chi connectivity index (χ2n) is 6.12. The number of alkyl halides is 3. The number of carbonyl (C=O) groups is 2. The average Bonchev–Trinajstić information content (AvgIpc) is 2.60. The van der Waals surface area contributed by atoms with E-state index in [1.54, 1.807) is 31.2 Å². The average molecular weight is 454 g/mol. The number of hydrogen-bond donors (Lipinski definition) is 3. The number of rotatable bonds is 3. The third-order valence-corrected chi connectivity index (χ3v) is 4.90. The van der Waals surface area contributed by atoms with Crippen molar-refractivity contribution in [3.63, 3.8) is 0 Å². The van der Waals surface area contributed by atoms with E-state index >= 15 is 0 Å². The number of hydrogen-bond acceptors (Lipinski definition) is 2. The molecule has 0 aromatic heterocycles. The number of halogens is 4. The first-order valence-electron chi connectivity index (χ1n) is 8.18. The van der Waals surface area contributed by atoms with E-state index in [4.69, 9.17) is 0 Å². The lowest BCUT2D eigenvalue weighted by Gasteiger charge is -2.29. The number of urea groups is 1. The molecule has 0 saturated carbocycles. The van der Waals surface area contributed by atoms with Crippen molar-refractivity contribution in [1.29, 1.82) is 0 Å². The smallest absolute Gasteiger partial charge is 0.327 e. The van der Waals surface area contributed by atoms with Gasteiger partial charge in [-0.2, -0.15) is 13.2 Å². The summed E-state index contributed by atoms with van der Waals surface area (Å²) in [6.07, 6.45) is -4.52. The summed E-state index contributed by atoms with van der Waals surface area (Å²) in [7, 11) is 0. The first-order chi connectivity index (χ1) is 13.2. The van der Waals surface area contributed by atoms with E-state index < -0.39 is 29.7 Å². The number of carbonyl (C=O) groups excluding carboxylic acids is 2. The molecule has 0 fully saturated rings. The normalized spacial score (nSPS) is 17.0. The molecule has 2 aromatic carbocycles. The van der Waals surface area contributed by atoms with Gasteiger partial charge in [0.2, 0.25) is 0 Å². The first kappa shape index (κ1) is 19.9. The Morgan fingerprint density at radius 3 is 2.54 bits per heavy atom. The summed E-state index contributed by atoms with van der Waals surface area (Å²) < 4.78 is 39.4. The van der Waals surface area contributed by atoms with Gasteiger partial charge in [0.25, 0.3) is 5.91 Å². The van der Waals surface area contributed by atoms with Gasteiger partial charge in [-0.3, -0.25) is 4.79 Å². The van der Waals surface area contributed by atoms with Crippen LogP contribution in [0.1, 0.15) is 24.1 Å². The van der Waals surface area contributed by atoms with Crippen molar-refractivity contribution in [2.75, 3.05) is 5.32 Å². The highest BCUT2D eigenvalue weighted by Gasteiger charge is 2.33. The van der Waals surface area contributed by atoms with Gasteiger partial charge in [0.05, 0.1) is 17.2 Å². The fraction of sp³-hybridized carbons (Fsp3) is 0.158. The molecule has 0 unspecified atom stereocenters. The fourth-order valence-electron chi connectivity index (χ4n) is 2.91. The molecule has 0 aliphatic carbocycles. The summed E-state index contributed by atoms with van der Waals surface area (Å²) in [6.45, 7) is 1.56. The van der Waals surface area contributed by atoms with Gasteiger partial charge in [0, 0.05) is 15.9 Å². The van der Waals surface area contributed by atoms with Gasteiger partial charge >= 0.3 is 12.2 Å². The van der Waals surface area contributed by atoms with Gasteiger partial charge in [-0.05, 0) is 36.8 Å². The van der Waals surface area contributed by atoms with Gasteiger partial charge in [0.1, 0.15) is 0 Å². The monoisotopic (exact) mass is 453 g/mol. The molecule has 2 aromatic rings. The number of allylic oxidation sites excluding steroid dienone is 1. The van der Waals surface area contributed by atoms with Crippen LogP contribution in [0.2, 0.25) is 0 Å². The molecule has 9 heteroatoms. The van der Waals surface area contributed by atoms with Crippen LogP contribution in [-0.4, -0.2) is 11.9 Å². The van der Waals surface area contributed by atoms with E-state index in [1.807, 2.05) is 0 Å². The lowest BCUT2D eigenvalue weighted by atomic mass is 9.95. The van der Waals surface area contributed by atoms with E-state index in [2.05, 4.69) is 31.9 Å². The maximum Gasteiger partial charge on any atom is 0.416 e. The van der Waals surface area contributed by atoms with E-state index in [0.717, 1.165) is 12.1 Å². The van der Waals surface area contributed by atoms with Gasteiger partial charge < -0.3 is 16.0 Å². The molecule has 5 nitrogen and oxygen atoms in total. The third kappa shape index (κ3) is 4.19. The Balaban J connectivity index is 1.95. The van der Waals surface area contributed by atoms with Crippen LogP contribution >= 0.6 is 15.9 Å². The molecular formula is C19H15BrF3N3O2. The Bertz CT molecular complexity index is 973. The summed E-state index contributed by atoms with van der Waals surface area (Å²) in [6, 6.07) is 10.2. The third-order valence-electron chi connectivity index (χ3n) is 4.18. The van der Waals surface area contributed by atoms with Crippen molar-refractivity contribution in [3.8, 4) is 0 Å². The van der Waals surface area contributed by atoms with Crippen LogP contribution in [0, 0.1) is 0 Å². The summed E-state index contributed by atoms with van der Waals surface area (Å²) in [5.41, 5.74) is 0.292. The Morgan fingerprint density at radius 2 is 1.86 bits per heavy atom. The lowest BCUT2D eigenvalue weighted by Crippen LogP contribution is -2.46. The number of nitrogens with one attached hydrogen (secondary N) is 3. The van der Waals surface area contributed by atoms with Gasteiger partial charge in [-0.15, -0.1) is 0 Å². The SMILES string of the molecule is CC1=C(C(=O)Nc2cccc(C(F)(F)F)c2)[C@@H](c2ccccc2Br)NC(=O)N1. The van der Waals surface area contributed by atoms with Crippen molar-refractivity contribution in [2.24, 2.45) is 0 Å². The maximum atomic E-state index is 12.9. The topological polar surface area (TPSA) is 70.2 Å². The summed E-state index contributed by atoms with van der Waals surface area (Å²) in [4.78, 5) is 24.8. The summed E-state index contributed by atoms with van der Waals surface area (Å²) >= 11 is 3.40. The zero-order valence-electron chi connectivity index (χ0n) is 14.5. The second kappa shape index (κ2) is 7.67. The van der Waals surface area contributed by atoms with Crippen molar-refractivity contribution >= 4 is 33.6 Å². The molecule has 3 amide bonds. The molecule has 1 aliphatic heterocycles. The lowest BCUT2D eigenvalue weighted by molar-refractivity contribution is -0.137. The van der Waals surface area contributed by atoms with Crippen molar-refractivity contribution < 1.29 is 22.8 Å². The summed E-state index contributed by atoms with van der Waals surface area (Å²) in [5, 5.41) is 7.69.